The average Bonchev–Trinajstić information content (AvgIpc) is 3.03. The summed E-state index contributed by atoms with van der Waals surface area (Å²) in [6, 6.07) is 9.95. The summed E-state index contributed by atoms with van der Waals surface area (Å²) in [4.78, 5) is 33.6. The lowest BCUT2D eigenvalue weighted by Gasteiger charge is -2.26. The van der Waals surface area contributed by atoms with Crippen LogP contribution in [0.25, 0.3) is 5.76 Å². The predicted octanol–water partition coefficient (Wildman–Crippen LogP) is 3.49. The summed E-state index contributed by atoms with van der Waals surface area (Å²) in [5, 5.41) is 11.0. The summed E-state index contributed by atoms with van der Waals surface area (Å²) < 4.78 is 5.87. The second-order valence-corrected chi connectivity index (χ2v) is 8.66. The highest BCUT2D eigenvalue weighted by molar-refractivity contribution is 6.46. The minimum absolute atomic E-state index is 0.0899. The second-order valence-electron chi connectivity index (χ2n) is 8.66. The van der Waals surface area contributed by atoms with Crippen LogP contribution in [0, 0.1) is 5.92 Å². The molecule has 0 saturated carbocycles. The number of benzene rings is 1. The van der Waals surface area contributed by atoms with Crippen LogP contribution in [0.2, 0.25) is 0 Å². The molecule has 0 spiro atoms. The molecule has 1 amide bonds. The van der Waals surface area contributed by atoms with E-state index in [9.17, 15) is 14.7 Å². The van der Waals surface area contributed by atoms with E-state index in [1.54, 1.807) is 17.0 Å². The maximum absolute atomic E-state index is 13.0. The van der Waals surface area contributed by atoms with Crippen molar-refractivity contribution >= 4 is 17.4 Å². The van der Waals surface area contributed by atoms with Crippen molar-refractivity contribution in [2.24, 2.45) is 5.92 Å². The normalized spacial score (nSPS) is 18.1. The van der Waals surface area contributed by atoms with Crippen LogP contribution in [0.15, 0.2) is 54.4 Å². The standard InChI is InChI=1S/C25H31N3O4/c1-17(2)16-32-20-8-5-7-19(15-20)22-21(23(29)18-9-11-26-12-10-18)24(30)25(31)28(22)14-6-13-27(3)4/h5,7-12,15,17,22,29H,6,13-14,16H2,1-4H3/b23-21-. The van der Waals surface area contributed by atoms with Gasteiger partial charge in [-0.1, -0.05) is 26.0 Å². The van der Waals surface area contributed by atoms with Gasteiger partial charge in [-0.3, -0.25) is 14.6 Å². The number of nitrogens with zero attached hydrogens (tertiary/aromatic N) is 3. The smallest absolute Gasteiger partial charge is 0.295 e. The van der Waals surface area contributed by atoms with Crippen LogP contribution in [0.1, 0.15) is 37.4 Å². The zero-order chi connectivity index (χ0) is 23.3. The number of rotatable bonds is 9. The SMILES string of the molecule is CC(C)COc1cccc(C2/C(=C(/O)c3ccncc3)C(=O)C(=O)N2CCCN(C)C)c1. The number of hydrogen-bond acceptors (Lipinski definition) is 6. The fourth-order valence-electron chi connectivity index (χ4n) is 3.72. The van der Waals surface area contributed by atoms with E-state index < -0.39 is 17.7 Å². The third-order valence-corrected chi connectivity index (χ3v) is 5.26. The Labute approximate surface area is 189 Å². The third-order valence-electron chi connectivity index (χ3n) is 5.26. The molecule has 1 fully saturated rings. The van der Waals surface area contributed by atoms with Crippen molar-refractivity contribution in [2.45, 2.75) is 26.3 Å². The van der Waals surface area contributed by atoms with Gasteiger partial charge in [0.1, 0.15) is 11.5 Å². The van der Waals surface area contributed by atoms with Gasteiger partial charge in [0.05, 0.1) is 18.2 Å². The van der Waals surface area contributed by atoms with E-state index in [0.717, 1.165) is 12.1 Å². The van der Waals surface area contributed by atoms with Gasteiger partial charge in [0.25, 0.3) is 11.7 Å². The lowest BCUT2D eigenvalue weighted by molar-refractivity contribution is -0.139. The first-order valence-electron chi connectivity index (χ1n) is 10.9. The van der Waals surface area contributed by atoms with Crippen molar-refractivity contribution < 1.29 is 19.4 Å². The Kier molecular flexibility index (Phi) is 7.64. The predicted molar refractivity (Wildman–Crippen MR) is 123 cm³/mol. The van der Waals surface area contributed by atoms with E-state index in [2.05, 4.69) is 18.8 Å². The molecule has 7 heteroatoms. The summed E-state index contributed by atoms with van der Waals surface area (Å²) in [6.07, 6.45) is 3.78. The average molecular weight is 438 g/mol. The summed E-state index contributed by atoms with van der Waals surface area (Å²) in [7, 11) is 3.93. The summed E-state index contributed by atoms with van der Waals surface area (Å²) in [6.45, 7) is 5.87. The number of Topliss-reactive ketones (excluding diaryl/α,β-unsaturated/α-hetero) is 1. The second kappa shape index (κ2) is 10.4. The highest BCUT2D eigenvalue weighted by Crippen LogP contribution is 2.40. The molecule has 2 heterocycles. The fourth-order valence-corrected chi connectivity index (χ4v) is 3.72. The van der Waals surface area contributed by atoms with E-state index in [1.807, 2.05) is 43.3 Å². The Hall–Kier alpha value is -3.19. The lowest BCUT2D eigenvalue weighted by Crippen LogP contribution is -2.32. The number of aliphatic hydroxyl groups is 1. The quantitative estimate of drug-likeness (QED) is 0.367. The number of aromatic nitrogens is 1. The van der Waals surface area contributed by atoms with Crippen LogP contribution >= 0.6 is 0 Å². The van der Waals surface area contributed by atoms with Crippen LogP contribution < -0.4 is 4.74 Å². The van der Waals surface area contributed by atoms with Crippen molar-refractivity contribution in [1.82, 2.24) is 14.8 Å². The zero-order valence-corrected chi connectivity index (χ0v) is 19.1. The highest BCUT2D eigenvalue weighted by atomic mass is 16.5. The van der Waals surface area contributed by atoms with E-state index in [1.165, 1.54) is 12.4 Å². The molecule has 2 aromatic rings. The van der Waals surface area contributed by atoms with Gasteiger partial charge in [-0.15, -0.1) is 0 Å². The number of amides is 1. The molecule has 1 aromatic heterocycles. The van der Waals surface area contributed by atoms with Crippen molar-refractivity contribution in [3.05, 3.63) is 65.5 Å². The monoisotopic (exact) mass is 437 g/mol. The van der Waals surface area contributed by atoms with E-state index in [4.69, 9.17) is 4.74 Å². The van der Waals surface area contributed by atoms with E-state index in [-0.39, 0.29) is 11.3 Å². The molecule has 1 aromatic carbocycles. The summed E-state index contributed by atoms with van der Waals surface area (Å²) in [5.74, 6) is -0.444. The molecule has 1 aliphatic heterocycles. The van der Waals surface area contributed by atoms with Gasteiger partial charge in [0, 0.05) is 24.5 Å². The van der Waals surface area contributed by atoms with Crippen LogP contribution in [0.5, 0.6) is 5.75 Å². The topological polar surface area (TPSA) is 83.0 Å². The lowest BCUT2D eigenvalue weighted by atomic mass is 9.95. The number of hydrogen-bond donors (Lipinski definition) is 1. The molecular formula is C25H31N3O4. The van der Waals surface area contributed by atoms with Crippen molar-refractivity contribution in [3.63, 3.8) is 0 Å². The Morgan fingerprint density at radius 1 is 1.19 bits per heavy atom. The fraction of sp³-hybridized carbons (Fsp3) is 0.400. The molecule has 0 radical (unpaired) electrons. The molecule has 0 bridgehead atoms. The zero-order valence-electron chi connectivity index (χ0n) is 19.1. The number of aliphatic hydroxyl groups excluding tert-OH is 1. The van der Waals surface area contributed by atoms with Gasteiger partial charge in [-0.05, 0) is 62.8 Å². The maximum atomic E-state index is 13.0. The minimum atomic E-state index is -0.687. The molecule has 170 valence electrons. The van der Waals surface area contributed by atoms with Crippen molar-refractivity contribution in [3.8, 4) is 5.75 Å². The number of pyridine rings is 1. The van der Waals surface area contributed by atoms with E-state index >= 15 is 0 Å². The van der Waals surface area contributed by atoms with Gasteiger partial charge in [0.15, 0.2) is 0 Å². The summed E-state index contributed by atoms with van der Waals surface area (Å²) in [5.41, 5.74) is 1.27. The van der Waals surface area contributed by atoms with Crippen LogP contribution in [-0.2, 0) is 9.59 Å². The molecule has 1 unspecified atom stereocenters. The highest BCUT2D eigenvalue weighted by Gasteiger charge is 2.45. The Morgan fingerprint density at radius 2 is 1.91 bits per heavy atom. The Balaban J connectivity index is 2.05. The number of carbonyl (C=O) groups is 2. The Bertz CT molecular complexity index is 986. The molecule has 1 aliphatic rings. The number of ether oxygens (including phenoxy) is 1. The molecule has 1 atom stereocenters. The van der Waals surface area contributed by atoms with Crippen LogP contribution in [-0.4, -0.2) is 65.4 Å². The molecule has 3 rings (SSSR count). The number of carbonyl (C=O) groups excluding carboxylic acids is 2. The molecule has 1 N–H and O–H groups in total. The van der Waals surface area contributed by atoms with Gasteiger partial charge < -0.3 is 19.6 Å². The van der Waals surface area contributed by atoms with Gasteiger partial charge in [-0.25, -0.2) is 0 Å². The number of likely N-dealkylation sites (tertiary alicyclic amines) is 1. The van der Waals surface area contributed by atoms with Crippen LogP contribution in [0.4, 0.5) is 0 Å². The van der Waals surface area contributed by atoms with Gasteiger partial charge in [-0.2, -0.15) is 0 Å². The first-order chi connectivity index (χ1) is 15.3. The molecule has 32 heavy (non-hydrogen) atoms. The summed E-state index contributed by atoms with van der Waals surface area (Å²) >= 11 is 0. The van der Waals surface area contributed by atoms with Crippen molar-refractivity contribution in [2.75, 3.05) is 33.8 Å². The minimum Gasteiger partial charge on any atom is -0.507 e. The van der Waals surface area contributed by atoms with Gasteiger partial charge in [0.2, 0.25) is 0 Å². The first-order valence-corrected chi connectivity index (χ1v) is 10.9. The maximum Gasteiger partial charge on any atom is 0.295 e. The van der Waals surface area contributed by atoms with Crippen molar-refractivity contribution in [1.29, 1.82) is 0 Å². The van der Waals surface area contributed by atoms with Crippen LogP contribution in [0.3, 0.4) is 0 Å². The first kappa shape index (κ1) is 23.5. The Morgan fingerprint density at radius 3 is 2.56 bits per heavy atom. The van der Waals surface area contributed by atoms with Gasteiger partial charge >= 0.3 is 0 Å². The molecular weight excluding hydrogens is 406 g/mol. The molecule has 1 saturated heterocycles. The third kappa shape index (κ3) is 5.34. The number of ketones is 1. The largest absolute Gasteiger partial charge is 0.507 e. The molecule has 0 aliphatic carbocycles. The molecule has 7 nitrogen and oxygen atoms in total. The van der Waals surface area contributed by atoms with E-state index in [0.29, 0.717) is 36.8 Å².